The third-order valence-corrected chi connectivity index (χ3v) is 3.52. The average molecular weight is 279 g/mol. The Morgan fingerprint density at radius 2 is 2.15 bits per heavy atom. The van der Waals surface area contributed by atoms with Crippen LogP contribution in [0.5, 0.6) is 0 Å². The lowest BCUT2D eigenvalue weighted by atomic mass is 10.1. The van der Waals surface area contributed by atoms with Crippen LogP contribution in [0.2, 0.25) is 0 Å². The Morgan fingerprint density at radius 3 is 2.85 bits per heavy atom. The number of nitrogens with zero attached hydrogens (tertiary/aromatic N) is 1. The summed E-state index contributed by atoms with van der Waals surface area (Å²) in [5, 5.41) is 9.98. The molecule has 0 aromatic heterocycles. The minimum Gasteiger partial charge on any atom is -0.445 e. The Bertz CT molecular complexity index is 423. The van der Waals surface area contributed by atoms with Gasteiger partial charge in [-0.05, 0) is 18.4 Å². The van der Waals surface area contributed by atoms with E-state index in [0.29, 0.717) is 6.54 Å². The molecule has 2 rings (SSSR count). The van der Waals surface area contributed by atoms with Crippen LogP contribution in [0, 0.1) is 0 Å². The Hall–Kier alpha value is -1.59. The highest BCUT2D eigenvalue weighted by atomic mass is 16.6. The number of likely N-dealkylation sites (tertiary alicyclic amines) is 1. The normalized spacial score (nSPS) is 23.2. The molecule has 110 valence electrons. The first kappa shape index (κ1) is 14.8. The molecule has 2 unspecified atom stereocenters. The second-order valence-corrected chi connectivity index (χ2v) is 4.97. The molecule has 0 bridgehead atoms. The lowest BCUT2D eigenvalue weighted by molar-refractivity contribution is -0.0192. The van der Waals surface area contributed by atoms with Crippen LogP contribution in [0.4, 0.5) is 4.79 Å². The molecule has 2 atom stereocenters. The van der Waals surface area contributed by atoms with E-state index < -0.39 is 6.10 Å². The summed E-state index contributed by atoms with van der Waals surface area (Å²) in [4.78, 5) is 13.6. The molecule has 0 radical (unpaired) electrons. The molecule has 1 fully saturated rings. The minimum absolute atomic E-state index is 0.207. The van der Waals surface area contributed by atoms with E-state index in [1.807, 2.05) is 30.3 Å². The number of rotatable bonds is 3. The highest BCUT2D eigenvalue weighted by Crippen LogP contribution is 2.15. The molecule has 1 saturated heterocycles. The van der Waals surface area contributed by atoms with Gasteiger partial charge in [-0.25, -0.2) is 4.79 Å². The Balaban J connectivity index is 1.86. The van der Waals surface area contributed by atoms with E-state index in [1.165, 1.54) is 0 Å². The summed E-state index contributed by atoms with van der Waals surface area (Å²) < 4.78 is 10.5. The quantitative estimate of drug-likeness (QED) is 0.916. The van der Waals surface area contributed by atoms with Crippen LogP contribution in [0.1, 0.15) is 18.4 Å². The molecule has 5 heteroatoms. The number of amides is 1. The number of aliphatic hydroxyl groups excluding tert-OH is 1. The molecule has 20 heavy (non-hydrogen) atoms. The second-order valence-electron chi connectivity index (χ2n) is 4.97. The summed E-state index contributed by atoms with van der Waals surface area (Å²) in [5.41, 5.74) is 0.950. The van der Waals surface area contributed by atoms with Crippen molar-refractivity contribution in [3.63, 3.8) is 0 Å². The maximum Gasteiger partial charge on any atom is 0.410 e. The number of methoxy groups -OCH3 is 1. The molecular formula is C15H21NO4. The van der Waals surface area contributed by atoms with Crippen LogP contribution in [0.15, 0.2) is 30.3 Å². The van der Waals surface area contributed by atoms with Gasteiger partial charge in [-0.15, -0.1) is 0 Å². The van der Waals surface area contributed by atoms with Crippen molar-refractivity contribution in [2.24, 2.45) is 0 Å². The third-order valence-electron chi connectivity index (χ3n) is 3.52. The molecule has 1 N–H and O–H groups in total. The molecular weight excluding hydrogens is 258 g/mol. The van der Waals surface area contributed by atoms with E-state index in [2.05, 4.69) is 0 Å². The van der Waals surface area contributed by atoms with Crippen LogP contribution in [-0.2, 0) is 16.1 Å². The Labute approximate surface area is 119 Å². The fraction of sp³-hybridized carbons (Fsp3) is 0.533. The molecule has 1 aliphatic heterocycles. The summed E-state index contributed by atoms with van der Waals surface area (Å²) in [6.07, 6.45) is 0.300. The molecule has 0 saturated carbocycles. The summed E-state index contributed by atoms with van der Waals surface area (Å²) in [6.45, 7) is 1.09. The maximum absolute atomic E-state index is 12.0. The zero-order valence-corrected chi connectivity index (χ0v) is 11.7. The molecule has 1 heterocycles. The lowest BCUT2D eigenvalue weighted by Gasteiger charge is -2.23. The van der Waals surface area contributed by atoms with E-state index in [0.717, 1.165) is 18.4 Å². The molecule has 1 aromatic rings. The van der Waals surface area contributed by atoms with Gasteiger partial charge in [-0.3, -0.25) is 0 Å². The first-order chi connectivity index (χ1) is 9.70. The van der Waals surface area contributed by atoms with Gasteiger partial charge < -0.3 is 19.5 Å². The summed E-state index contributed by atoms with van der Waals surface area (Å²) in [7, 11) is 1.58. The zero-order valence-electron chi connectivity index (χ0n) is 11.7. The molecule has 0 aliphatic carbocycles. The van der Waals surface area contributed by atoms with Gasteiger partial charge in [0.25, 0.3) is 0 Å². The number of ether oxygens (including phenoxy) is 2. The van der Waals surface area contributed by atoms with E-state index in [9.17, 15) is 9.90 Å². The predicted molar refractivity (Wildman–Crippen MR) is 74.2 cm³/mol. The van der Waals surface area contributed by atoms with Crippen LogP contribution >= 0.6 is 0 Å². The van der Waals surface area contributed by atoms with Crippen molar-refractivity contribution < 1.29 is 19.4 Å². The standard InChI is InChI=1S/C15H21NO4/c1-19-14-8-5-9-16(10-13(14)17)15(18)20-11-12-6-3-2-4-7-12/h2-4,6-7,13-14,17H,5,8-11H2,1H3. The van der Waals surface area contributed by atoms with Gasteiger partial charge in [0, 0.05) is 13.7 Å². The number of hydrogen-bond acceptors (Lipinski definition) is 4. The van der Waals surface area contributed by atoms with Crippen molar-refractivity contribution in [3.05, 3.63) is 35.9 Å². The fourth-order valence-corrected chi connectivity index (χ4v) is 2.36. The third kappa shape index (κ3) is 3.95. The number of carbonyl (C=O) groups excluding carboxylic acids is 1. The molecule has 1 amide bonds. The van der Waals surface area contributed by atoms with Gasteiger partial charge >= 0.3 is 6.09 Å². The van der Waals surface area contributed by atoms with Gasteiger partial charge in [0.2, 0.25) is 0 Å². The fourth-order valence-electron chi connectivity index (χ4n) is 2.36. The monoisotopic (exact) mass is 279 g/mol. The van der Waals surface area contributed by atoms with E-state index in [1.54, 1.807) is 12.0 Å². The topological polar surface area (TPSA) is 59.0 Å². The van der Waals surface area contributed by atoms with Crippen molar-refractivity contribution in [1.29, 1.82) is 0 Å². The highest BCUT2D eigenvalue weighted by molar-refractivity contribution is 5.67. The summed E-state index contributed by atoms with van der Waals surface area (Å²) in [5.74, 6) is 0. The van der Waals surface area contributed by atoms with Crippen LogP contribution in [-0.4, -0.2) is 48.5 Å². The summed E-state index contributed by atoms with van der Waals surface area (Å²) in [6, 6.07) is 9.54. The minimum atomic E-state index is -0.660. The predicted octanol–water partition coefficient (Wildman–Crippen LogP) is 1.79. The second kappa shape index (κ2) is 7.26. The van der Waals surface area contributed by atoms with Gasteiger partial charge in [0.05, 0.1) is 18.8 Å². The number of hydrogen-bond donors (Lipinski definition) is 1. The largest absolute Gasteiger partial charge is 0.445 e. The molecule has 0 spiro atoms. The van der Waals surface area contributed by atoms with E-state index >= 15 is 0 Å². The Morgan fingerprint density at radius 1 is 1.40 bits per heavy atom. The van der Waals surface area contributed by atoms with Gasteiger partial charge in [-0.2, -0.15) is 0 Å². The van der Waals surface area contributed by atoms with Crippen molar-refractivity contribution in [2.75, 3.05) is 20.2 Å². The van der Waals surface area contributed by atoms with E-state index in [-0.39, 0.29) is 25.3 Å². The summed E-state index contributed by atoms with van der Waals surface area (Å²) >= 11 is 0. The molecule has 1 aromatic carbocycles. The molecule has 5 nitrogen and oxygen atoms in total. The van der Waals surface area contributed by atoms with E-state index in [4.69, 9.17) is 9.47 Å². The van der Waals surface area contributed by atoms with Crippen LogP contribution in [0.25, 0.3) is 0 Å². The number of carbonyl (C=O) groups is 1. The zero-order chi connectivity index (χ0) is 14.4. The number of benzene rings is 1. The maximum atomic E-state index is 12.0. The smallest absolute Gasteiger partial charge is 0.410 e. The lowest BCUT2D eigenvalue weighted by Crippen LogP contribution is -2.40. The molecule has 1 aliphatic rings. The van der Waals surface area contributed by atoms with Crippen molar-refractivity contribution in [1.82, 2.24) is 4.90 Å². The van der Waals surface area contributed by atoms with Crippen LogP contribution in [0.3, 0.4) is 0 Å². The average Bonchev–Trinajstić information content (AvgIpc) is 2.67. The number of β-amino-alcohol motifs (C(OH)–C–C–N with tert-alkyl or cyclic N) is 1. The van der Waals surface area contributed by atoms with Gasteiger partial charge in [0.15, 0.2) is 0 Å². The van der Waals surface area contributed by atoms with Gasteiger partial charge in [-0.1, -0.05) is 30.3 Å². The number of aliphatic hydroxyl groups is 1. The first-order valence-electron chi connectivity index (χ1n) is 6.87. The van der Waals surface area contributed by atoms with Gasteiger partial charge in [0.1, 0.15) is 6.61 Å². The van der Waals surface area contributed by atoms with Crippen molar-refractivity contribution in [3.8, 4) is 0 Å². The van der Waals surface area contributed by atoms with Crippen LogP contribution < -0.4 is 0 Å². The first-order valence-corrected chi connectivity index (χ1v) is 6.87. The SMILES string of the molecule is COC1CCCN(C(=O)OCc2ccccc2)CC1O. The van der Waals surface area contributed by atoms with Crippen molar-refractivity contribution in [2.45, 2.75) is 31.7 Å². The highest BCUT2D eigenvalue weighted by Gasteiger charge is 2.28. The van der Waals surface area contributed by atoms with Crippen molar-refractivity contribution >= 4 is 6.09 Å². The Kier molecular flexibility index (Phi) is 5.38.